The second kappa shape index (κ2) is 6.24. The first-order valence-corrected chi connectivity index (χ1v) is 7.41. The number of aliphatic carboxylic acids is 1. The van der Waals surface area contributed by atoms with E-state index >= 15 is 0 Å². The lowest BCUT2D eigenvalue weighted by Crippen LogP contribution is -2.43. The number of aromatic nitrogens is 3. The summed E-state index contributed by atoms with van der Waals surface area (Å²) in [6, 6.07) is 0. The number of carbonyl (C=O) groups is 2. The van der Waals surface area contributed by atoms with Crippen molar-refractivity contribution in [3.05, 3.63) is 11.9 Å². The minimum absolute atomic E-state index is 0.160. The molecule has 0 radical (unpaired) electrons. The third-order valence-corrected chi connectivity index (χ3v) is 4.67. The number of piperidine rings is 1. The topological polar surface area (TPSA) is 88.3 Å². The van der Waals surface area contributed by atoms with Crippen molar-refractivity contribution in [2.45, 2.75) is 46.1 Å². The van der Waals surface area contributed by atoms with Crippen molar-refractivity contribution in [2.75, 3.05) is 13.1 Å². The van der Waals surface area contributed by atoms with Gasteiger partial charge in [-0.1, -0.05) is 31.9 Å². The molecular formula is C14H22N4O3. The number of amides is 1. The third kappa shape index (κ3) is 3.40. The lowest BCUT2D eigenvalue weighted by atomic mass is 9.74. The number of hydrogen-bond donors (Lipinski definition) is 1. The van der Waals surface area contributed by atoms with Gasteiger partial charge in [-0.15, -0.1) is 5.10 Å². The Labute approximate surface area is 123 Å². The van der Waals surface area contributed by atoms with E-state index in [1.54, 1.807) is 4.90 Å². The highest BCUT2D eigenvalue weighted by molar-refractivity contribution is 5.92. The predicted octanol–water partition coefficient (Wildman–Crippen LogP) is 1.41. The lowest BCUT2D eigenvalue weighted by molar-refractivity contribution is -0.137. The van der Waals surface area contributed by atoms with Gasteiger partial charge in [0, 0.05) is 13.1 Å². The maximum absolute atomic E-state index is 12.3. The molecule has 1 saturated heterocycles. The molecule has 1 aromatic heterocycles. The summed E-state index contributed by atoms with van der Waals surface area (Å²) in [5.41, 5.74) is 0.578. The largest absolute Gasteiger partial charge is 0.480 e. The smallest absolute Gasteiger partial charge is 0.325 e. The Bertz CT molecular complexity index is 512. The van der Waals surface area contributed by atoms with E-state index < -0.39 is 5.97 Å². The summed E-state index contributed by atoms with van der Waals surface area (Å²) in [7, 11) is 0. The van der Waals surface area contributed by atoms with E-state index in [9.17, 15) is 9.59 Å². The van der Waals surface area contributed by atoms with Crippen LogP contribution in [0, 0.1) is 5.41 Å². The molecule has 7 nitrogen and oxygen atoms in total. The summed E-state index contributed by atoms with van der Waals surface area (Å²) in [6.07, 6.45) is 5.70. The highest BCUT2D eigenvalue weighted by atomic mass is 16.4. The van der Waals surface area contributed by atoms with Gasteiger partial charge in [0.25, 0.3) is 5.91 Å². The summed E-state index contributed by atoms with van der Waals surface area (Å²) in [4.78, 5) is 24.7. The zero-order valence-electron chi connectivity index (χ0n) is 12.6. The molecule has 1 amide bonds. The zero-order chi connectivity index (χ0) is 15.5. The highest BCUT2D eigenvalue weighted by Gasteiger charge is 2.33. The van der Waals surface area contributed by atoms with Gasteiger partial charge in [0.1, 0.15) is 6.54 Å². The molecule has 1 fully saturated rings. The van der Waals surface area contributed by atoms with Crippen LogP contribution in [0.2, 0.25) is 0 Å². The fraction of sp³-hybridized carbons (Fsp3) is 0.714. The summed E-state index contributed by atoms with van der Waals surface area (Å²) in [6.45, 7) is 5.59. The molecule has 0 spiro atoms. The van der Waals surface area contributed by atoms with Crippen LogP contribution in [0.1, 0.15) is 50.0 Å². The number of rotatable bonds is 5. The zero-order valence-corrected chi connectivity index (χ0v) is 12.6. The Morgan fingerprint density at radius 3 is 2.43 bits per heavy atom. The van der Waals surface area contributed by atoms with E-state index in [0.717, 1.165) is 38.8 Å². The van der Waals surface area contributed by atoms with Crippen LogP contribution in [0.5, 0.6) is 0 Å². The van der Waals surface area contributed by atoms with Crippen LogP contribution in [0.3, 0.4) is 0 Å². The van der Waals surface area contributed by atoms with Crippen LogP contribution in [-0.4, -0.2) is 50.0 Å². The molecule has 0 atom stereocenters. The van der Waals surface area contributed by atoms with Crippen molar-refractivity contribution in [2.24, 2.45) is 5.41 Å². The van der Waals surface area contributed by atoms with Crippen molar-refractivity contribution in [1.29, 1.82) is 0 Å². The van der Waals surface area contributed by atoms with Crippen LogP contribution in [-0.2, 0) is 11.3 Å². The summed E-state index contributed by atoms with van der Waals surface area (Å²) < 4.78 is 1.17. The number of carboxylic acid groups (broad SMARTS) is 1. The number of carboxylic acids is 1. The minimum atomic E-state index is -1.01. The Morgan fingerprint density at radius 2 is 1.90 bits per heavy atom. The summed E-state index contributed by atoms with van der Waals surface area (Å²) in [5.74, 6) is -1.17. The van der Waals surface area contributed by atoms with Gasteiger partial charge in [-0.05, 0) is 18.3 Å². The van der Waals surface area contributed by atoms with Gasteiger partial charge in [-0.2, -0.15) is 0 Å². The van der Waals surface area contributed by atoms with Gasteiger partial charge < -0.3 is 10.0 Å². The number of nitrogens with zero attached hydrogens (tertiary/aromatic N) is 4. The Morgan fingerprint density at radius 1 is 1.29 bits per heavy atom. The second-order valence-electron chi connectivity index (χ2n) is 5.69. The molecule has 1 N–H and O–H groups in total. The van der Waals surface area contributed by atoms with E-state index in [1.165, 1.54) is 10.9 Å². The van der Waals surface area contributed by atoms with Crippen molar-refractivity contribution in [3.63, 3.8) is 0 Å². The number of hydrogen-bond acceptors (Lipinski definition) is 4. The van der Waals surface area contributed by atoms with Crippen LogP contribution in [0.15, 0.2) is 6.20 Å². The van der Waals surface area contributed by atoms with Gasteiger partial charge in [-0.25, -0.2) is 4.68 Å². The molecule has 0 saturated carbocycles. The van der Waals surface area contributed by atoms with Crippen molar-refractivity contribution in [1.82, 2.24) is 19.9 Å². The molecule has 0 unspecified atom stereocenters. The molecule has 2 rings (SSSR count). The molecule has 21 heavy (non-hydrogen) atoms. The van der Waals surface area contributed by atoms with Crippen molar-refractivity contribution in [3.8, 4) is 0 Å². The van der Waals surface area contributed by atoms with E-state index in [2.05, 4.69) is 24.2 Å². The van der Waals surface area contributed by atoms with E-state index in [4.69, 9.17) is 5.11 Å². The first-order valence-electron chi connectivity index (χ1n) is 7.41. The number of carbonyl (C=O) groups excluding carboxylic acids is 1. The van der Waals surface area contributed by atoms with E-state index in [-0.39, 0.29) is 18.1 Å². The Balaban J connectivity index is 1.98. The number of likely N-dealkylation sites (tertiary alicyclic amines) is 1. The SMILES string of the molecule is CCC1(CC)CCN(C(=O)c2cn(CC(=O)O)nn2)CC1. The minimum Gasteiger partial charge on any atom is -0.480 e. The molecular weight excluding hydrogens is 272 g/mol. The Hall–Kier alpha value is -1.92. The molecule has 0 aromatic carbocycles. The van der Waals surface area contributed by atoms with Crippen LogP contribution in [0.25, 0.3) is 0 Å². The summed E-state index contributed by atoms with van der Waals surface area (Å²) >= 11 is 0. The molecule has 1 aromatic rings. The first-order chi connectivity index (χ1) is 9.99. The van der Waals surface area contributed by atoms with E-state index in [1.807, 2.05) is 0 Å². The quantitative estimate of drug-likeness (QED) is 0.887. The van der Waals surface area contributed by atoms with Gasteiger partial charge in [-0.3, -0.25) is 9.59 Å². The van der Waals surface area contributed by atoms with Gasteiger partial charge in [0.2, 0.25) is 0 Å². The van der Waals surface area contributed by atoms with Gasteiger partial charge in [0.05, 0.1) is 6.20 Å². The van der Waals surface area contributed by atoms with Gasteiger partial charge >= 0.3 is 5.97 Å². The molecule has 116 valence electrons. The van der Waals surface area contributed by atoms with Crippen LogP contribution >= 0.6 is 0 Å². The van der Waals surface area contributed by atoms with Crippen LogP contribution < -0.4 is 0 Å². The standard InChI is InChI=1S/C14H22N4O3/c1-3-14(4-2)5-7-17(8-6-14)13(21)11-9-18(16-15-11)10-12(19)20/h9H,3-8,10H2,1-2H3,(H,19,20). The monoisotopic (exact) mass is 294 g/mol. The lowest BCUT2D eigenvalue weighted by Gasteiger charge is -2.40. The third-order valence-electron chi connectivity index (χ3n) is 4.67. The van der Waals surface area contributed by atoms with E-state index in [0.29, 0.717) is 5.41 Å². The molecule has 2 heterocycles. The maximum atomic E-state index is 12.3. The maximum Gasteiger partial charge on any atom is 0.325 e. The molecule has 0 aliphatic carbocycles. The molecule has 0 bridgehead atoms. The summed E-state index contributed by atoms with van der Waals surface area (Å²) in [5, 5.41) is 16.1. The fourth-order valence-corrected chi connectivity index (χ4v) is 2.92. The van der Waals surface area contributed by atoms with Crippen molar-refractivity contribution < 1.29 is 14.7 Å². The molecule has 1 aliphatic rings. The molecule has 1 aliphatic heterocycles. The predicted molar refractivity (Wildman–Crippen MR) is 75.8 cm³/mol. The first kappa shape index (κ1) is 15.5. The average molecular weight is 294 g/mol. The fourth-order valence-electron chi connectivity index (χ4n) is 2.92. The average Bonchev–Trinajstić information content (AvgIpc) is 2.94. The van der Waals surface area contributed by atoms with Crippen molar-refractivity contribution >= 4 is 11.9 Å². The second-order valence-corrected chi connectivity index (χ2v) is 5.69. The molecule has 7 heteroatoms. The normalized spacial score (nSPS) is 17.7. The highest BCUT2D eigenvalue weighted by Crippen LogP contribution is 2.38. The Kier molecular flexibility index (Phi) is 4.59. The van der Waals surface area contributed by atoms with Gasteiger partial charge in [0.15, 0.2) is 5.69 Å². The van der Waals surface area contributed by atoms with Crippen LogP contribution in [0.4, 0.5) is 0 Å².